The zero-order chi connectivity index (χ0) is 10.3. The minimum absolute atomic E-state index is 1.05. The van der Waals surface area contributed by atoms with E-state index in [-0.39, 0.29) is 0 Å². The Morgan fingerprint density at radius 1 is 1.33 bits per heavy atom. The van der Waals surface area contributed by atoms with Gasteiger partial charge in [0, 0.05) is 37.1 Å². The van der Waals surface area contributed by atoms with Crippen molar-refractivity contribution in [1.29, 1.82) is 0 Å². The van der Waals surface area contributed by atoms with Crippen LogP contribution in [0.1, 0.15) is 5.56 Å². The lowest BCUT2D eigenvalue weighted by atomic mass is 10.1. The fraction of sp³-hybridized carbons (Fsp3) is 0.273. The number of hydrogen-bond acceptors (Lipinski definition) is 3. The largest absolute Gasteiger partial charge is 0.359 e. The lowest BCUT2D eigenvalue weighted by Crippen LogP contribution is -2.13. The molecule has 15 heavy (non-hydrogen) atoms. The van der Waals surface area contributed by atoms with Crippen molar-refractivity contribution in [2.75, 3.05) is 18.5 Å². The average molecular weight is 200 g/mol. The Morgan fingerprint density at radius 2 is 2.27 bits per heavy atom. The zero-order valence-corrected chi connectivity index (χ0v) is 8.57. The summed E-state index contributed by atoms with van der Waals surface area (Å²) in [5.74, 6) is 1.10. The van der Waals surface area contributed by atoms with Crippen LogP contribution >= 0.6 is 0 Å². The number of hydrogen-bond donors (Lipinski definition) is 1. The van der Waals surface area contributed by atoms with E-state index < -0.39 is 0 Å². The lowest BCUT2D eigenvalue weighted by Gasteiger charge is -2.10. The molecule has 4 nitrogen and oxygen atoms in total. The number of aromatic amines is 1. The van der Waals surface area contributed by atoms with Gasteiger partial charge in [-0.15, -0.1) is 0 Å². The van der Waals surface area contributed by atoms with Crippen molar-refractivity contribution in [3.8, 4) is 11.3 Å². The summed E-state index contributed by atoms with van der Waals surface area (Å²) in [5, 5.41) is 6.99. The second kappa shape index (κ2) is 3.08. The summed E-state index contributed by atoms with van der Waals surface area (Å²) in [4.78, 5) is 6.59. The number of H-pyrrole nitrogens is 1. The number of anilines is 1. The van der Waals surface area contributed by atoms with E-state index in [4.69, 9.17) is 0 Å². The number of nitrogens with one attached hydrogen (secondary N) is 1. The van der Waals surface area contributed by atoms with Gasteiger partial charge in [-0.25, -0.2) is 4.98 Å². The van der Waals surface area contributed by atoms with Crippen molar-refractivity contribution in [1.82, 2.24) is 15.2 Å². The highest BCUT2D eigenvalue weighted by Crippen LogP contribution is 2.32. The fourth-order valence-electron chi connectivity index (χ4n) is 2.10. The van der Waals surface area contributed by atoms with Crippen LogP contribution in [0.4, 0.5) is 5.82 Å². The number of fused-ring (bicyclic) bond motifs is 1. The molecule has 0 amide bonds. The van der Waals surface area contributed by atoms with Crippen LogP contribution in [-0.4, -0.2) is 28.8 Å². The Labute approximate surface area is 88.0 Å². The molecule has 0 saturated heterocycles. The van der Waals surface area contributed by atoms with Crippen LogP contribution in [0.25, 0.3) is 11.3 Å². The smallest absolute Gasteiger partial charge is 0.132 e. The van der Waals surface area contributed by atoms with E-state index >= 15 is 0 Å². The Morgan fingerprint density at radius 3 is 3.07 bits per heavy atom. The van der Waals surface area contributed by atoms with Gasteiger partial charge in [0.05, 0.1) is 5.69 Å². The van der Waals surface area contributed by atoms with Gasteiger partial charge in [-0.2, -0.15) is 5.10 Å². The molecule has 0 unspecified atom stereocenters. The molecule has 0 saturated carbocycles. The third kappa shape index (κ3) is 1.21. The Balaban J connectivity index is 2.18. The van der Waals surface area contributed by atoms with Crippen LogP contribution in [0.15, 0.2) is 24.5 Å². The first-order valence-corrected chi connectivity index (χ1v) is 5.05. The van der Waals surface area contributed by atoms with E-state index in [1.807, 2.05) is 18.3 Å². The van der Waals surface area contributed by atoms with E-state index in [1.54, 1.807) is 6.20 Å². The van der Waals surface area contributed by atoms with Gasteiger partial charge >= 0.3 is 0 Å². The molecule has 0 radical (unpaired) electrons. The van der Waals surface area contributed by atoms with Gasteiger partial charge < -0.3 is 4.90 Å². The number of rotatable bonds is 1. The molecular formula is C11H12N4. The Kier molecular flexibility index (Phi) is 1.74. The summed E-state index contributed by atoms with van der Waals surface area (Å²) >= 11 is 0. The van der Waals surface area contributed by atoms with Crippen molar-refractivity contribution < 1.29 is 0 Å². The lowest BCUT2D eigenvalue weighted by molar-refractivity contribution is 0.945. The van der Waals surface area contributed by atoms with E-state index in [2.05, 4.69) is 27.1 Å². The molecular weight excluding hydrogens is 188 g/mol. The van der Waals surface area contributed by atoms with Crippen LogP contribution in [0.2, 0.25) is 0 Å². The number of aromatic nitrogens is 3. The quantitative estimate of drug-likeness (QED) is 0.758. The molecule has 3 heterocycles. The Bertz CT molecular complexity index is 475. The zero-order valence-electron chi connectivity index (χ0n) is 8.57. The number of likely N-dealkylation sites (N-methyl/N-ethyl adjacent to an activating group) is 1. The SMILES string of the molecule is CN1CCc2c(-c3ccn[nH]3)ccnc21. The third-order valence-corrected chi connectivity index (χ3v) is 2.88. The van der Waals surface area contributed by atoms with Crippen LogP contribution in [-0.2, 0) is 6.42 Å². The van der Waals surface area contributed by atoms with E-state index in [0.29, 0.717) is 0 Å². The molecule has 1 aliphatic heterocycles. The molecule has 0 atom stereocenters. The maximum absolute atomic E-state index is 4.40. The molecule has 1 aliphatic rings. The van der Waals surface area contributed by atoms with Crippen molar-refractivity contribution in [2.45, 2.75) is 6.42 Å². The van der Waals surface area contributed by atoms with Crippen molar-refractivity contribution in [2.24, 2.45) is 0 Å². The second-order valence-electron chi connectivity index (χ2n) is 3.80. The summed E-state index contributed by atoms with van der Waals surface area (Å²) in [7, 11) is 2.08. The normalized spacial score (nSPS) is 14.3. The molecule has 3 rings (SSSR count). The molecule has 0 aromatic carbocycles. The summed E-state index contributed by atoms with van der Waals surface area (Å²) < 4.78 is 0. The summed E-state index contributed by atoms with van der Waals surface area (Å²) in [6, 6.07) is 4.04. The highest BCUT2D eigenvalue weighted by molar-refractivity contribution is 5.71. The molecule has 0 bridgehead atoms. The van der Waals surface area contributed by atoms with Crippen molar-refractivity contribution in [3.63, 3.8) is 0 Å². The summed E-state index contributed by atoms with van der Waals surface area (Å²) in [5.41, 5.74) is 3.62. The molecule has 76 valence electrons. The van der Waals surface area contributed by atoms with Crippen molar-refractivity contribution in [3.05, 3.63) is 30.1 Å². The maximum Gasteiger partial charge on any atom is 0.132 e. The van der Waals surface area contributed by atoms with Crippen LogP contribution < -0.4 is 4.90 Å². The molecule has 0 aliphatic carbocycles. The first-order valence-electron chi connectivity index (χ1n) is 5.05. The van der Waals surface area contributed by atoms with Gasteiger partial charge in [0.15, 0.2) is 0 Å². The maximum atomic E-state index is 4.40. The van der Waals surface area contributed by atoms with Gasteiger partial charge in [0.1, 0.15) is 5.82 Å². The molecule has 2 aromatic rings. The van der Waals surface area contributed by atoms with Gasteiger partial charge in [0.2, 0.25) is 0 Å². The Hall–Kier alpha value is -1.84. The first kappa shape index (κ1) is 8.47. The topological polar surface area (TPSA) is 44.8 Å². The summed E-state index contributed by atoms with van der Waals surface area (Å²) in [6.07, 6.45) is 4.70. The predicted octanol–water partition coefficient (Wildman–Crippen LogP) is 1.46. The standard InChI is InChI=1S/C11H12N4/c1-15-7-4-9-8(2-5-12-11(9)15)10-3-6-13-14-10/h2-3,5-6H,4,7H2,1H3,(H,13,14). The second-order valence-corrected chi connectivity index (χ2v) is 3.80. The van der Waals surface area contributed by atoms with E-state index in [0.717, 1.165) is 24.5 Å². The molecule has 4 heteroatoms. The van der Waals surface area contributed by atoms with Gasteiger partial charge in [-0.3, -0.25) is 5.10 Å². The number of pyridine rings is 1. The molecule has 0 spiro atoms. The van der Waals surface area contributed by atoms with Crippen LogP contribution in [0, 0.1) is 0 Å². The first-order chi connectivity index (χ1) is 7.36. The van der Waals surface area contributed by atoms with E-state index in [9.17, 15) is 0 Å². The van der Waals surface area contributed by atoms with Gasteiger partial charge in [-0.05, 0) is 18.6 Å². The fourth-order valence-corrected chi connectivity index (χ4v) is 2.10. The van der Waals surface area contributed by atoms with Gasteiger partial charge in [-0.1, -0.05) is 0 Å². The highest BCUT2D eigenvalue weighted by Gasteiger charge is 2.20. The highest BCUT2D eigenvalue weighted by atomic mass is 15.2. The number of nitrogens with zero attached hydrogens (tertiary/aromatic N) is 3. The minimum atomic E-state index is 1.05. The van der Waals surface area contributed by atoms with Crippen molar-refractivity contribution >= 4 is 5.82 Å². The minimum Gasteiger partial charge on any atom is -0.359 e. The predicted molar refractivity (Wildman–Crippen MR) is 58.8 cm³/mol. The molecule has 1 N–H and O–H groups in total. The summed E-state index contributed by atoms with van der Waals surface area (Å²) in [6.45, 7) is 1.05. The van der Waals surface area contributed by atoms with Gasteiger partial charge in [0.25, 0.3) is 0 Å². The van der Waals surface area contributed by atoms with Crippen LogP contribution in [0.5, 0.6) is 0 Å². The molecule has 0 fully saturated rings. The van der Waals surface area contributed by atoms with E-state index in [1.165, 1.54) is 11.1 Å². The third-order valence-electron chi connectivity index (χ3n) is 2.88. The monoisotopic (exact) mass is 200 g/mol. The average Bonchev–Trinajstić information content (AvgIpc) is 2.88. The van der Waals surface area contributed by atoms with Crippen LogP contribution in [0.3, 0.4) is 0 Å². The molecule has 2 aromatic heterocycles.